The smallest absolute Gasteiger partial charge is 0.241 e. The maximum absolute atomic E-state index is 12.5. The molecule has 5 nitrogen and oxygen atoms in total. The molecule has 2 aromatic carbocycles. The Morgan fingerprint density at radius 1 is 1.07 bits per heavy atom. The number of aliphatic hydroxyl groups is 1. The van der Waals surface area contributed by atoms with Crippen molar-refractivity contribution in [2.24, 2.45) is 0 Å². The second kappa shape index (κ2) is 8.96. The second-order valence-corrected chi connectivity index (χ2v) is 10.3. The van der Waals surface area contributed by atoms with Crippen LogP contribution < -0.4 is 4.72 Å². The summed E-state index contributed by atoms with van der Waals surface area (Å²) >= 11 is 0. The SMILES string of the molecule is C[C@@H]1CCCN1CCc1ccc(-c2ccc(S(=O)(=O)NC(C)(C)CO)cc2)cc1. The normalized spacial score (nSPS) is 18.3. The molecule has 0 radical (unpaired) electrons. The second-order valence-electron chi connectivity index (χ2n) is 8.65. The van der Waals surface area contributed by atoms with E-state index in [2.05, 4.69) is 40.8 Å². The Labute approximate surface area is 174 Å². The van der Waals surface area contributed by atoms with E-state index in [1.807, 2.05) is 12.1 Å². The molecule has 0 spiro atoms. The predicted octanol–water partition coefficient (Wildman–Crippen LogP) is 3.43. The molecule has 0 bridgehead atoms. The Kier molecular flexibility index (Phi) is 6.79. The van der Waals surface area contributed by atoms with Gasteiger partial charge in [-0.25, -0.2) is 13.1 Å². The quantitative estimate of drug-likeness (QED) is 0.692. The molecule has 0 saturated carbocycles. The van der Waals surface area contributed by atoms with Crippen LogP contribution in [0.1, 0.15) is 39.2 Å². The van der Waals surface area contributed by atoms with E-state index in [1.54, 1.807) is 26.0 Å². The van der Waals surface area contributed by atoms with Crippen molar-refractivity contribution >= 4 is 10.0 Å². The first-order valence-corrected chi connectivity index (χ1v) is 11.8. The van der Waals surface area contributed by atoms with Gasteiger partial charge in [0, 0.05) is 12.6 Å². The summed E-state index contributed by atoms with van der Waals surface area (Å²) in [5, 5.41) is 9.30. The van der Waals surface area contributed by atoms with Crippen LogP contribution in [0.15, 0.2) is 53.4 Å². The van der Waals surface area contributed by atoms with Crippen LogP contribution in [0.4, 0.5) is 0 Å². The van der Waals surface area contributed by atoms with Crippen LogP contribution in [-0.2, 0) is 16.4 Å². The maximum Gasteiger partial charge on any atom is 0.241 e. The minimum Gasteiger partial charge on any atom is -0.394 e. The third-order valence-corrected chi connectivity index (χ3v) is 7.35. The number of hydrogen-bond acceptors (Lipinski definition) is 4. The van der Waals surface area contributed by atoms with Crippen LogP contribution in [0.2, 0.25) is 0 Å². The molecule has 1 aliphatic heterocycles. The molecule has 1 heterocycles. The van der Waals surface area contributed by atoms with Crippen molar-refractivity contribution in [1.82, 2.24) is 9.62 Å². The molecule has 2 N–H and O–H groups in total. The molecule has 6 heteroatoms. The minimum atomic E-state index is -3.67. The van der Waals surface area contributed by atoms with Gasteiger partial charge in [0.25, 0.3) is 0 Å². The average molecular weight is 417 g/mol. The number of rotatable bonds is 8. The first-order chi connectivity index (χ1) is 13.7. The predicted molar refractivity (Wildman–Crippen MR) is 117 cm³/mol. The molecule has 1 saturated heterocycles. The molecule has 2 aromatic rings. The van der Waals surface area contributed by atoms with Crippen molar-refractivity contribution in [2.45, 2.75) is 56.5 Å². The monoisotopic (exact) mass is 416 g/mol. The zero-order chi connectivity index (χ0) is 21.1. The molecule has 0 aliphatic carbocycles. The summed E-state index contributed by atoms with van der Waals surface area (Å²) in [7, 11) is -3.67. The van der Waals surface area contributed by atoms with Crippen LogP contribution >= 0.6 is 0 Å². The number of nitrogens with one attached hydrogen (secondary N) is 1. The van der Waals surface area contributed by atoms with Gasteiger partial charge >= 0.3 is 0 Å². The summed E-state index contributed by atoms with van der Waals surface area (Å²) in [4.78, 5) is 2.75. The van der Waals surface area contributed by atoms with Crippen LogP contribution in [0, 0.1) is 0 Å². The van der Waals surface area contributed by atoms with Crippen LogP contribution in [0.3, 0.4) is 0 Å². The summed E-state index contributed by atoms with van der Waals surface area (Å²) in [6.07, 6.45) is 3.66. The highest BCUT2D eigenvalue weighted by molar-refractivity contribution is 7.89. The van der Waals surface area contributed by atoms with Crippen LogP contribution in [0.25, 0.3) is 11.1 Å². The Bertz CT molecular complexity index is 906. The first-order valence-electron chi connectivity index (χ1n) is 10.3. The van der Waals surface area contributed by atoms with E-state index in [9.17, 15) is 13.5 Å². The molecule has 1 atom stereocenters. The molecule has 1 fully saturated rings. The summed E-state index contributed by atoms with van der Waals surface area (Å²) in [5.41, 5.74) is 2.46. The topological polar surface area (TPSA) is 69.6 Å². The summed E-state index contributed by atoms with van der Waals surface area (Å²) < 4.78 is 27.5. The van der Waals surface area contributed by atoms with E-state index in [0.717, 1.165) is 24.1 Å². The highest BCUT2D eigenvalue weighted by Gasteiger charge is 2.25. The van der Waals surface area contributed by atoms with Crippen molar-refractivity contribution in [1.29, 1.82) is 0 Å². The Morgan fingerprint density at radius 3 is 2.17 bits per heavy atom. The van der Waals surface area contributed by atoms with Crippen molar-refractivity contribution in [3.8, 4) is 11.1 Å². The van der Waals surface area contributed by atoms with Crippen molar-refractivity contribution in [3.05, 3.63) is 54.1 Å². The fraction of sp³-hybridized carbons (Fsp3) is 0.478. The summed E-state index contributed by atoms with van der Waals surface area (Å²) in [6.45, 7) is 7.63. The highest BCUT2D eigenvalue weighted by atomic mass is 32.2. The number of benzene rings is 2. The number of nitrogens with zero attached hydrogens (tertiary/aromatic N) is 1. The van der Waals surface area contributed by atoms with Gasteiger partial charge in [0.2, 0.25) is 10.0 Å². The van der Waals surface area contributed by atoms with Gasteiger partial charge < -0.3 is 10.0 Å². The molecule has 0 aromatic heterocycles. The number of hydrogen-bond donors (Lipinski definition) is 2. The third kappa shape index (κ3) is 5.66. The summed E-state index contributed by atoms with van der Waals surface area (Å²) in [6, 6.07) is 16.1. The fourth-order valence-electron chi connectivity index (χ4n) is 3.74. The Balaban J connectivity index is 1.65. The zero-order valence-electron chi connectivity index (χ0n) is 17.6. The lowest BCUT2D eigenvalue weighted by Gasteiger charge is -2.23. The molecule has 0 unspecified atom stereocenters. The molecule has 1 aliphatic rings. The van der Waals surface area contributed by atoms with Gasteiger partial charge in [0.1, 0.15) is 0 Å². The van der Waals surface area contributed by atoms with E-state index in [4.69, 9.17) is 0 Å². The molecule has 158 valence electrons. The lowest BCUT2D eigenvalue weighted by molar-refractivity contribution is 0.208. The largest absolute Gasteiger partial charge is 0.394 e. The minimum absolute atomic E-state index is 0.194. The van der Waals surface area contributed by atoms with Gasteiger partial charge in [-0.15, -0.1) is 0 Å². The van der Waals surface area contributed by atoms with Gasteiger partial charge in [-0.1, -0.05) is 36.4 Å². The van der Waals surface area contributed by atoms with E-state index in [0.29, 0.717) is 6.04 Å². The van der Waals surface area contributed by atoms with E-state index in [1.165, 1.54) is 24.9 Å². The van der Waals surface area contributed by atoms with Gasteiger partial charge in [-0.2, -0.15) is 0 Å². The van der Waals surface area contributed by atoms with E-state index < -0.39 is 15.6 Å². The highest BCUT2D eigenvalue weighted by Crippen LogP contribution is 2.23. The van der Waals surface area contributed by atoms with E-state index in [-0.39, 0.29) is 11.5 Å². The van der Waals surface area contributed by atoms with Crippen molar-refractivity contribution in [3.63, 3.8) is 0 Å². The third-order valence-electron chi connectivity index (χ3n) is 5.64. The van der Waals surface area contributed by atoms with E-state index >= 15 is 0 Å². The standard InChI is InChI=1S/C23H32N2O3S/c1-18-5-4-15-25(18)16-14-19-6-8-20(9-7-19)21-10-12-22(13-11-21)29(27,28)24-23(2,3)17-26/h6-13,18,24,26H,4-5,14-17H2,1-3H3/t18-/m1/s1. The number of sulfonamides is 1. The van der Waals surface area contributed by atoms with Crippen molar-refractivity contribution in [2.75, 3.05) is 19.7 Å². The fourth-order valence-corrected chi connectivity index (χ4v) is 5.15. The Morgan fingerprint density at radius 2 is 1.66 bits per heavy atom. The van der Waals surface area contributed by atoms with Gasteiger partial charge in [0.15, 0.2) is 0 Å². The van der Waals surface area contributed by atoms with Crippen LogP contribution in [-0.4, -0.2) is 49.7 Å². The molecule has 3 rings (SSSR count). The first kappa shape index (κ1) is 22.0. The Hall–Kier alpha value is -1.73. The number of aliphatic hydroxyl groups excluding tert-OH is 1. The lowest BCUT2D eigenvalue weighted by atomic mass is 10.0. The molecule has 0 amide bonds. The van der Waals surface area contributed by atoms with Gasteiger partial charge in [0.05, 0.1) is 17.0 Å². The lowest BCUT2D eigenvalue weighted by Crippen LogP contribution is -2.46. The molecular formula is C23H32N2O3S. The number of likely N-dealkylation sites (tertiary alicyclic amines) is 1. The van der Waals surface area contributed by atoms with Gasteiger partial charge in [-0.05, 0) is 75.4 Å². The maximum atomic E-state index is 12.5. The van der Waals surface area contributed by atoms with Gasteiger partial charge in [-0.3, -0.25) is 0 Å². The average Bonchev–Trinajstić information content (AvgIpc) is 3.11. The van der Waals surface area contributed by atoms with Crippen molar-refractivity contribution < 1.29 is 13.5 Å². The molecule has 29 heavy (non-hydrogen) atoms. The van der Waals surface area contributed by atoms with Crippen LogP contribution in [0.5, 0.6) is 0 Å². The summed E-state index contributed by atoms with van der Waals surface area (Å²) in [5.74, 6) is 0. The molecular weight excluding hydrogens is 384 g/mol. The zero-order valence-corrected chi connectivity index (χ0v) is 18.4.